The number of morpholine rings is 1. The van der Waals surface area contributed by atoms with Crippen LogP contribution in [-0.2, 0) is 9.53 Å². The summed E-state index contributed by atoms with van der Waals surface area (Å²) in [7, 11) is 0. The molecule has 1 saturated carbocycles. The van der Waals surface area contributed by atoms with Gasteiger partial charge in [-0.2, -0.15) is 0 Å². The SMILES string of the molecule is CCC1COC(C)CN1C(=O)C1CC(N)C(C)CC1C. The molecule has 0 aromatic heterocycles. The largest absolute Gasteiger partial charge is 0.375 e. The van der Waals surface area contributed by atoms with Crippen LogP contribution in [0.25, 0.3) is 0 Å². The minimum Gasteiger partial charge on any atom is -0.375 e. The Kier molecular flexibility index (Phi) is 5.08. The summed E-state index contributed by atoms with van der Waals surface area (Å²) in [5, 5.41) is 0. The van der Waals surface area contributed by atoms with Crippen LogP contribution in [-0.4, -0.2) is 42.1 Å². The van der Waals surface area contributed by atoms with Crippen LogP contribution in [0.3, 0.4) is 0 Å². The summed E-state index contributed by atoms with van der Waals surface area (Å²) in [5.74, 6) is 1.37. The molecule has 6 atom stereocenters. The smallest absolute Gasteiger partial charge is 0.226 e. The fourth-order valence-corrected chi connectivity index (χ4v) is 3.69. The number of nitrogens with zero attached hydrogens (tertiary/aromatic N) is 1. The van der Waals surface area contributed by atoms with Crippen LogP contribution >= 0.6 is 0 Å². The second-order valence-electron chi connectivity index (χ2n) is 6.89. The molecule has 0 aromatic carbocycles. The van der Waals surface area contributed by atoms with Gasteiger partial charge in [0.1, 0.15) is 0 Å². The maximum absolute atomic E-state index is 12.9. The van der Waals surface area contributed by atoms with Crippen molar-refractivity contribution in [3.63, 3.8) is 0 Å². The number of amides is 1. The molecular weight excluding hydrogens is 252 g/mol. The van der Waals surface area contributed by atoms with Crippen LogP contribution in [0.4, 0.5) is 0 Å². The van der Waals surface area contributed by atoms with E-state index in [1.54, 1.807) is 0 Å². The highest BCUT2D eigenvalue weighted by atomic mass is 16.5. The number of carbonyl (C=O) groups excluding carboxylic acids is 1. The van der Waals surface area contributed by atoms with E-state index in [9.17, 15) is 4.79 Å². The first kappa shape index (κ1) is 15.8. The number of hydrogen-bond donors (Lipinski definition) is 1. The molecule has 1 amide bonds. The quantitative estimate of drug-likeness (QED) is 0.843. The summed E-state index contributed by atoms with van der Waals surface area (Å²) >= 11 is 0. The van der Waals surface area contributed by atoms with Crippen molar-refractivity contribution in [1.29, 1.82) is 0 Å². The second-order valence-corrected chi connectivity index (χ2v) is 6.89. The van der Waals surface area contributed by atoms with E-state index in [4.69, 9.17) is 10.5 Å². The first-order valence-corrected chi connectivity index (χ1v) is 8.11. The highest BCUT2D eigenvalue weighted by Gasteiger charge is 2.40. The molecule has 1 saturated heterocycles. The van der Waals surface area contributed by atoms with Crippen LogP contribution in [0.5, 0.6) is 0 Å². The van der Waals surface area contributed by atoms with E-state index in [0.717, 1.165) is 25.8 Å². The summed E-state index contributed by atoms with van der Waals surface area (Å²) in [6.07, 6.45) is 3.01. The summed E-state index contributed by atoms with van der Waals surface area (Å²) in [6.45, 7) is 9.98. The van der Waals surface area contributed by atoms with Gasteiger partial charge >= 0.3 is 0 Å². The summed E-state index contributed by atoms with van der Waals surface area (Å²) in [5.41, 5.74) is 6.20. The predicted molar refractivity (Wildman–Crippen MR) is 80.2 cm³/mol. The number of rotatable bonds is 2. The topological polar surface area (TPSA) is 55.6 Å². The predicted octanol–water partition coefficient (Wildman–Crippen LogP) is 2.02. The highest BCUT2D eigenvalue weighted by Crippen LogP contribution is 2.35. The molecule has 2 rings (SSSR count). The molecule has 0 aromatic rings. The highest BCUT2D eigenvalue weighted by molar-refractivity contribution is 5.79. The maximum Gasteiger partial charge on any atom is 0.226 e. The van der Waals surface area contributed by atoms with Gasteiger partial charge in [-0.05, 0) is 38.0 Å². The van der Waals surface area contributed by atoms with Gasteiger partial charge in [-0.1, -0.05) is 20.8 Å². The third-order valence-corrected chi connectivity index (χ3v) is 5.23. The molecule has 1 aliphatic heterocycles. The number of nitrogens with two attached hydrogens (primary N) is 1. The monoisotopic (exact) mass is 282 g/mol. The second kappa shape index (κ2) is 6.44. The zero-order valence-corrected chi connectivity index (χ0v) is 13.3. The Morgan fingerprint density at radius 3 is 2.60 bits per heavy atom. The van der Waals surface area contributed by atoms with Crippen molar-refractivity contribution in [2.24, 2.45) is 23.5 Å². The molecule has 20 heavy (non-hydrogen) atoms. The zero-order valence-electron chi connectivity index (χ0n) is 13.3. The molecule has 2 N–H and O–H groups in total. The molecule has 4 nitrogen and oxygen atoms in total. The first-order valence-electron chi connectivity index (χ1n) is 8.11. The molecule has 4 heteroatoms. The van der Waals surface area contributed by atoms with Gasteiger partial charge in [-0.15, -0.1) is 0 Å². The summed E-state index contributed by atoms with van der Waals surface area (Å²) in [4.78, 5) is 15.0. The van der Waals surface area contributed by atoms with E-state index in [1.165, 1.54) is 0 Å². The van der Waals surface area contributed by atoms with Gasteiger partial charge in [0, 0.05) is 18.5 Å². The molecule has 6 unspecified atom stereocenters. The van der Waals surface area contributed by atoms with Crippen LogP contribution < -0.4 is 5.73 Å². The normalized spacial score (nSPS) is 42.5. The van der Waals surface area contributed by atoms with Crippen molar-refractivity contribution in [2.75, 3.05) is 13.2 Å². The molecule has 0 radical (unpaired) electrons. The fraction of sp³-hybridized carbons (Fsp3) is 0.938. The number of ether oxygens (including phenoxy) is 1. The van der Waals surface area contributed by atoms with Crippen molar-refractivity contribution < 1.29 is 9.53 Å². The maximum atomic E-state index is 12.9. The van der Waals surface area contributed by atoms with Gasteiger partial charge in [0.25, 0.3) is 0 Å². The zero-order chi connectivity index (χ0) is 14.9. The molecule has 116 valence electrons. The lowest BCUT2D eigenvalue weighted by Gasteiger charge is -2.43. The summed E-state index contributed by atoms with van der Waals surface area (Å²) < 4.78 is 5.70. The Bertz CT molecular complexity index is 347. The standard InChI is InChI=1S/C16H30N2O2/c1-5-13-9-20-12(4)8-18(13)16(19)14-7-15(17)11(3)6-10(14)2/h10-15H,5-9,17H2,1-4H3. The van der Waals surface area contributed by atoms with Crippen LogP contribution in [0.15, 0.2) is 0 Å². The average molecular weight is 282 g/mol. The minimum atomic E-state index is 0.0977. The lowest BCUT2D eigenvalue weighted by molar-refractivity contribution is -0.152. The third-order valence-electron chi connectivity index (χ3n) is 5.23. The van der Waals surface area contributed by atoms with E-state index in [1.807, 2.05) is 6.92 Å². The van der Waals surface area contributed by atoms with Crippen LogP contribution in [0, 0.1) is 17.8 Å². The van der Waals surface area contributed by atoms with Gasteiger partial charge in [0.15, 0.2) is 0 Å². The van der Waals surface area contributed by atoms with E-state index in [0.29, 0.717) is 24.3 Å². The first-order chi connectivity index (χ1) is 9.43. The van der Waals surface area contributed by atoms with Crippen LogP contribution in [0.1, 0.15) is 47.0 Å². The molecule has 0 bridgehead atoms. The molecule has 1 aliphatic carbocycles. The molecule has 2 aliphatic rings. The van der Waals surface area contributed by atoms with E-state index in [-0.39, 0.29) is 24.1 Å². The third kappa shape index (κ3) is 3.17. The van der Waals surface area contributed by atoms with Crippen molar-refractivity contribution >= 4 is 5.91 Å². The molecule has 2 fully saturated rings. The van der Waals surface area contributed by atoms with E-state index < -0.39 is 0 Å². The Labute approximate surface area is 123 Å². The lowest BCUT2D eigenvalue weighted by Crippen LogP contribution is -2.55. The fourth-order valence-electron chi connectivity index (χ4n) is 3.69. The van der Waals surface area contributed by atoms with Gasteiger partial charge in [0.2, 0.25) is 5.91 Å². The summed E-state index contributed by atoms with van der Waals surface area (Å²) in [6, 6.07) is 0.403. The molecule has 0 spiro atoms. The number of hydrogen-bond acceptors (Lipinski definition) is 3. The van der Waals surface area contributed by atoms with E-state index >= 15 is 0 Å². The Balaban J connectivity index is 2.08. The Morgan fingerprint density at radius 1 is 1.25 bits per heavy atom. The lowest BCUT2D eigenvalue weighted by atomic mass is 9.72. The van der Waals surface area contributed by atoms with Crippen molar-refractivity contribution in [2.45, 2.75) is 65.1 Å². The van der Waals surface area contributed by atoms with E-state index in [2.05, 4.69) is 25.7 Å². The molecule has 1 heterocycles. The van der Waals surface area contributed by atoms with Gasteiger partial charge in [0.05, 0.1) is 18.8 Å². The van der Waals surface area contributed by atoms with Crippen LogP contribution in [0.2, 0.25) is 0 Å². The van der Waals surface area contributed by atoms with Crippen molar-refractivity contribution in [1.82, 2.24) is 4.90 Å². The Hall–Kier alpha value is -0.610. The average Bonchev–Trinajstić information content (AvgIpc) is 2.42. The van der Waals surface area contributed by atoms with Crippen molar-refractivity contribution in [3.05, 3.63) is 0 Å². The minimum absolute atomic E-state index is 0.0977. The van der Waals surface area contributed by atoms with Gasteiger partial charge < -0.3 is 15.4 Å². The van der Waals surface area contributed by atoms with Crippen molar-refractivity contribution in [3.8, 4) is 0 Å². The van der Waals surface area contributed by atoms with Gasteiger partial charge in [-0.3, -0.25) is 4.79 Å². The number of carbonyl (C=O) groups is 1. The Morgan fingerprint density at radius 2 is 1.95 bits per heavy atom. The van der Waals surface area contributed by atoms with Gasteiger partial charge in [-0.25, -0.2) is 0 Å². The molecular formula is C16H30N2O2.